The maximum Gasteiger partial charge on any atom is 0.315 e. The van der Waals surface area contributed by atoms with E-state index in [4.69, 9.17) is 9.47 Å². The Bertz CT molecular complexity index is 465. The third kappa shape index (κ3) is 4.93. The summed E-state index contributed by atoms with van der Waals surface area (Å²) in [5.41, 5.74) is 0.967. The average molecular weight is 292 g/mol. The number of rotatable bonds is 5. The molecule has 5 heteroatoms. The summed E-state index contributed by atoms with van der Waals surface area (Å²) in [7, 11) is 1.63. The molecule has 5 nitrogen and oxygen atoms in total. The van der Waals surface area contributed by atoms with Crippen molar-refractivity contribution in [1.29, 1.82) is 0 Å². The van der Waals surface area contributed by atoms with E-state index >= 15 is 0 Å². The lowest BCUT2D eigenvalue weighted by Crippen LogP contribution is -2.39. The molecule has 2 amide bonds. The quantitative estimate of drug-likeness (QED) is 0.875. The maximum absolute atomic E-state index is 11.8. The number of benzene rings is 1. The second-order valence-electron chi connectivity index (χ2n) is 5.45. The highest BCUT2D eigenvalue weighted by molar-refractivity contribution is 5.73. The number of methoxy groups -OCH3 is 1. The average Bonchev–Trinajstić information content (AvgIpc) is 2.51. The highest BCUT2D eigenvalue weighted by atomic mass is 16.5. The predicted molar refractivity (Wildman–Crippen MR) is 81.4 cm³/mol. The number of hydrogen-bond acceptors (Lipinski definition) is 3. The molecule has 0 aromatic heterocycles. The molecule has 0 bridgehead atoms. The van der Waals surface area contributed by atoms with Crippen LogP contribution in [0.4, 0.5) is 4.79 Å². The van der Waals surface area contributed by atoms with Crippen LogP contribution in [0, 0.1) is 5.92 Å². The van der Waals surface area contributed by atoms with Crippen molar-refractivity contribution < 1.29 is 14.3 Å². The number of urea groups is 1. The van der Waals surface area contributed by atoms with Gasteiger partial charge in [0.2, 0.25) is 0 Å². The summed E-state index contributed by atoms with van der Waals surface area (Å²) >= 11 is 0. The first-order valence-corrected chi connectivity index (χ1v) is 7.44. The van der Waals surface area contributed by atoms with Crippen LogP contribution < -0.4 is 15.4 Å². The van der Waals surface area contributed by atoms with Crippen LogP contribution in [0.1, 0.15) is 25.3 Å². The second-order valence-corrected chi connectivity index (χ2v) is 5.45. The minimum atomic E-state index is -0.139. The molecule has 0 aliphatic carbocycles. The van der Waals surface area contributed by atoms with Gasteiger partial charge in [0.1, 0.15) is 5.75 Å². The van der Waals surface area contributed by atoms with E-state index in [1.54, 1.807) is 7.11 Å². The maximum atomic E-state index is 11.8. The number of hydrogen-bond donors (Lipinski definition) is 2. The first-order chi connectivity index (χ1) is 10.2. The number of ether oxygens (including phenoxy) is 2. The summed E-state index contributed by atoms with van der Waals surface area (Å²) in [5.74, 6) is 1.29. The number of carbonyl (C=O) groups is 1. The largest absolute Gasteiger partial charge is 0.496 e. The standard InChI is InChI=1S/C16H24N2O3/c1-12-9-13(7-8-21-12)10-17-16(19)18-11-14-5-3-4-6-15(14)20-2/h3-6,12-13H,7-11H2,1-2H3,(H2,17,18,19)/t12-,13-/m1/s1. The minimum absolute atomic E-state index is 0.139. The second kappa shape index (κ2) is 7.88. The summed E-state index contributed by atoms with van der Waals surface area (Å²) < 4.78 is 10.8. The van der Waals surface area contributed by atoms with Crippen LogP contribution in [0.5, 0.6) is 5.75 Å². The van der Waals surface area contributed by atoms with Crippen molar-refractivity contribution in [2.75, 3.05) is 20.3 Å². The van der Waals surface area contributed by atoms with Gasteiger partial charge in [-0.3, -0.25) is 0 Å². The van der Waals surface area contributed by atoms with Gasteiger partial charge in [0.25, 0.3) is 0 Å². The lowest BCUT2D eigenvalue weighted by Gasteiger charge is -2.27. The van der Waals surface area contributed by atoms with Gasteiger partial charge in [-0.2, -0.15) is 0 Å². The van der Waals surface area contributed by atoms with Crippen LogP contribution in [-0.2, 0) is 11.3 Å². The van der Waals surface area contributed by atoms with Crippen molar-refractivity contribution in [2.24, 2.45) is 5.92 Å². The molecule has 1 aromatic rings. The van der Waals surface area contributed by atoms with E-state index < -0.39 is 0 Å². The van der Waals surface area contributed by atoms with Crippen molar-refractivity contribution in [1.82, 2.24) is 10.6 Å². The number of para-hydroxylation sites is 1. The minimum Gasteiger partial charge on any atom is -0.496 e. The zero-order chi connectivity index (χ0) is 15.1. The molecule has 1 fully saturated rings. The van der Waals surface area contributed by atoms with E-state index in [0.717, 1.165) is 30.8 Å². The Balaban J connectivity index is 1.72. The Labute approximate surface area is 126 Å². The fourth-order valence-corrected chi connectivity index (χ4v) is 2.60. The molecular formula is C16H24N2O3. The molecule has 1 saturated heterocycles. The molecule has 0 radical (unpaired) electrons. The van der Waals surface area contributed by atoms with Gasteiger partial charge in [0.15, 0.2) is 0 Å². The molecule has 2 atom stereocenters. The van der Waals surface area contributed by atoms with E-state index in [1.807, 2.05) is 24.3 Å². The molecule has 0 unspecified atom stereocenters. The summed E-state index contributed by atoms with van der Waals surface area (Å²) in [4.78, 5) is 11.8. The normalized spacial score (nSPS) is 21.6. The Kier molecular flexibility index (Phi) is 5.87. The Morgan fingerprint density at radius 3 is 2.95 bits per heavy atom. The fourth-order valence-electron chi connectivity index (χ4n) is 2.60. The van der Waals surface area contributed by atoms with Crippen molar-refractivity contribution in [3.05, 3.63) is 29.8 Å². The summed E-state index contributed by atoms with van der Waals surface area (Å²) in [6.45, 7) is 4.02. The molecule has 2 N–H and O–H groups in total. The van der Waals surface area contributed by atoms with Crippen LogP contribution in [-0.4, -0.2) is 32.4 Å². The molecular weight excluding hydrogens is 268 g/mol. The van der Waals surface area contributed by atoms with Gasteiger partial charge in [-0.15, -0.1) is 0 Å². The Hall–Kier alpha value is -1.75. The summed E-state index contributed by atoms with van der Waals surface area (Å²) in [5, 5.41) is 5.80. The van der Waals surface area contributed by atoms with Gasteiger partial charge in [-0.05, 0) is 31.7 Å². The zero-order valence-corrected chi connectivity index (χ0v) is 12.7. The third-order valence-electron chi connectivity index (χ3n) is 3.78. The van der Waals surface area contributed by atoms with Gasteiger partial charge in [0.05, 0.1) is 13.2 Å². The monoisotopic (exact) mass is 292 g/mol. The highest BCUT2D eigenvalue weighted by Gasteiger charge is 2.19. The molecule has 1 aromatic carbocycles. The fraction of sp³-hybridized carbons (Fsp3) is 0.562. The van der Waals surface area contributed by atoms with Crippen molar-refractivity contribution in [3.63, 3.8) is 0 Å². The summed E-state index contributed by atoms with van der Waals surface area (Å²) in [6.07, 6.45) is 2.31. The van der Waals surface area contributed by atoms with Crippen LogP contribution in [0.25, 0.3) is 0 Å². The third-order valence-corrected chi connectivity index (χ3v) is 3.78. The number of carbonyl (C=O) groups excluding carboxylic acids is 1. The molecule has 21 heavy (non-hydrogen) atoms. The van der Waals surface area contributed by atoms with Gasteiger partial charge < -0.3 is 20.1 Å². The lowest BCUT2D eigenvalue weighted by molar-refractivity contribution is 0.00346. The molecule has 2 rings (SSSR count). The number of nitrogens with one attached hydrogen (secondary N) is 2. The van der Waals surface area contributed by atoms with Crippen molar-refractivity contribution >= 4 is 6.03 Å². The predicted octanol–water partition coefficient (Wildman–Crippen LogP) is 2.31. The molecule has 1 aliphatic rings. The van der Waals surface area contributed by atoms with E-state index in [1.165, 1.54) is 0 Å². The van der Waals surface area contributed by atoms with Crippen LogP contribution in [0.2, 0.25) is 0 Å². The molecule has 1 aliphatic heterocycles. The molecule has 116 valence electrons. The topological polar surface area (TPSA) is 59.6 Å². The highest BCUT2D eigenvalue weighted by Crippen LogP contribution is 2.19. The van der Waals surface area contributed by atoms with Gasteiger partial charge >= 0.3 is 6.03 Å². The van der Waals surface area contributed by atoms with Crippen molar-refractivity contribution in [2.45, 2.75) is 32.4 Å². The van der Waals surface area contributed by atoms with Crippen LogP contribution >= 0.6 is 0 Å². The van der Waals surface area contributed by atoms with Crippen molar-refractivity contribution in [3.8, 4) is 5.75 Å². The molecule has 1 heterocycles. The lowest BCUT2D eigenvalue weighted by atomic mass is 9.96. The Morgan fingerprint density at radius 2 is 2.19 bits per heavy atom. The van der Waals surface area contributed by atoms with Crippen LogP contribution in [0.3, 0.4) is 0 Å². The molecule has 0 saturated carbocycles. The first kappa shape index (κ1) is 15.6. The summed E-state index contributed by atoms with van der Waals surface area (Å²) in [6, 6.07) is 7.53. The van der Waals surface area contributed by atoms with Gasteiger partial charge in [-0.25, -0.2) is 4.79 Å². The van der Waals surface area contributed by atoms with E-state index in [0.29, 0.717) is 25.1 Å². The van der Waals surface area contributed by atoms with E-state index in [2.05, 4.69) is 17.6 Å². The smallest absolute Gasteiger partial charge is 0.315 e. The first-order valence-electron chi connectivity index (χ1n) is 7.44. The van der Waals surface area contributed by atoms with E-state index in [9.17, 15) is 4.79 Å². The Morgan fingerprint density at radius 1 is 1.38 bits per heavy atom. The van der Waals surface area contributed by atoms with Crippen LogP contribution in [0.15, 0.2) is 24.3 Å². The zero-order valence-electron chi connectivity index (χ0n) is 12.7. The van der Waals surface area contributed by atoms with E-state index in [-0.39, 0.29) is 6.03 Å². The SMILES string of the molecule is COc1ccccc1CNC(=O)NC[C@@H]1CCO[C@H](C)C1. The van der Waals surface area contributed by atoms with Gasteiger partial charge in [0, 0.05) is 25.3 Å². The molecule has 0 spiro atoms. The number of amides is 2. The van der Waals surface area contributed by atoms with Gasteiger partial charge in [-0.1, -0.05) is 18.2 Å².